The maximum atomic E-state index is 11.9. The molecule has 0 unspecified atom stereocenters. The summed E-state index contributed by atoms with van der Waals surface area (Å²) in [6.07, 6.45) is 2.39. The van der Waals surface area contributed by atoms with Crippen molar-refractivity contribution in [3.63, 3.8) is 0 Å². The number of benzene rings is 1. The maximum absolute atomic E-state index is 11.9. The fraction of sp³-hybridized carbons (Fsp3) is 0.500. The Morgan fingerprint density at radius 3 is 2.84 bits per heavy atom. The summed E-state index contributed by atoms with van der Waals surface area (Å²) in [7, 11) is 3.47. The zero-order valence-electron chi connectivity index (χ0n) is 11.3. The average Bonchev–Trinajstić information content (AvgIpc) is 3.20. The first-order valence-electron chi connectivity index (χ1n) is 6.40. The Kier molecular flexibility index (Phi) is 4.82. The number of likely N-dealkylation sites (N-methyl/N-ethyl adjacent to an activating group) is 1. The lowest BCUT2D eigenvalue weighted by atomic mass is 10.2. The first kappa shape index (κ1) is 14.3. The summed E-state index contributed by atoms with van der Waals surface area (Å²) >= 11 is 3.45. The lowest BCUT2D eigenvalue weighted by molar-refractivity contribution is -0.129. The summed E-state index contributed by atoms with van der Waals surface area (Å²) in [6.45, 7) is 1.03. The van der Waals surface area contributed by atoms with Crippen molar-refractivity contribution in [2.24, 2.45) is 0 Å². The number of rotatable bonds is 6. The van der Waals surface area contributed by atoms with Crippen molar-refractivity contribution < 1.29 is 9.53 Å². The molecule has 5 heteroatoms. The molecule has 1 aromatic rings. The van der Waals surface area contributed by atoms with Gasteiger partial charge >= 0.3 is 0 Å². The summed E-state index contributed by atoms with van der Waals surface area (Å²) in [5.74, 6) is 0.923. The minimum absolute atomic E-state index is 0.124. The fourth-order valence-corrected chi connectivity index (χ4v) is 2.41. The highest BCUT2D eigenvalue weighted by Crippen LogP contribution is 2.26. The van der Waals surface area contributed by atoms with E-state index >= 15 is 0 Å². The van der Waals surface area contributed by atoms with Crippen LogP contribution < -0.4 is 10.1 Å². The summed E-state index contributed by atoms with van der Waals surface area (Å²) < 4.78 is 6.09. The van der Waals surface area contributed by atoms with Gasteiger partial charge in [0.1, 0.15) is 5.75 Å². The molecule has 1 N–H and O–H groups in total. The zero-order valence-corrected chi connectivity index (χ0v) is 12.9. The van der Waals surface area contributed by atoms with E-state index in [0.29, 0.717) is 19.1 Å². The molecule has 1 aliphatic rings. The topological polar surface area (TPSA) is 41.6 Å². The maximum Gasteiger partial charge on any atom is 0.236 e. The van der Waals surface area contributed by atoms with Gasteiger partial charge in [0.15, 0.2) is 0 Å². The Morgan fingerprint density at radius 1 is 1.53 bits per heavy atom. The van der Waals surface area contributed by atoms with Crippen LogP contribution in [0.3, 0.4) is 0 Å². The van der Waals surface area contributed by atoms with Crippen LogP contribution in [0, 0.1) is 0 Å². The van der Waals surface area contributed by atoms with Crippen LogP contribution in [-0.4, -0.2) is 37.6 Å². The van der Waals surface area contributed by atoms with Crippen LogP contribution in [0.4, 0.5) is 0 Å². The van der Waals surface area contributed by atoms with E-state index in [0.717, 1.165) is 15.8 Å². The van der Waals surface area contributed by atoms with Crippen LogP contribution in [0.15, 0.2) is 22.7 Å². The van der Waals surface area contributed by atoms with Gasteiger partial charge in [-0.05, 0) is 46.5 Å². The number of nitrogens with one attached hydrogen (secondary N) is 1. The average molecular weight is 327 g/mol. The largest absolute Gasteiger partial charge is 0.496 e. The van der Waals surface area contributed by atoms with Crippen LogP contribution in [0.2, 0.25) is 0 Å². The highest BCUT2D eigenvalue weighted by molar-refractivity contribution is 9.10. The SMILES string of the molecule is COc1ccc(CN(C)C(=O)CNC2CC2)cc1Br. The predicted molar refractivity (Wildman–Crippen MR) is 78.2 cm³/mol. The van der Waals surface area contributed by atoms with Crippen molar-refractivity contribution in [1.29, 1.82) is 0 Å². The van der Waals surface area contributed by atoms with Gasteiger partial charge < -0.3 is 15.0 Å². The second-order valence-corrected chi connectivity index (χ2v) is 5.73. The van der Waals surface area contributed by atoms with Gasteiger partial charge in [-0.15, -0.1) is 0 Å². The second kappa shape index (κ2) is 6.39. The molecular formula is C14H19BrN2O2. The van der Waals surface area contributed by atoms with E-state index in [2.05, 4.69) is 21.2 Å². The van der Waals surface area contributed by atoms with Gasteiger partial charge in [0, 0.05) is 19.6 Å². The van der Waals surface area contributed by atoms with E-state index in [9.17, 15) is 4.79 Å². The minimum atomic E-state index is 0.124. The Labute approximate surface area is 122 Å². The van der Waals surface area contributed by atoms with Crippen LogP contribution in [0.1, 0.15) is 18.4 Å². The Morgan fingerprint density at radius 2 is 2.26 bits per heavy atom. The number of carbonyl (C=O) groups is 1. The molecule has 0 aliphatic heterocycles. The first-order chi connectivity index (χ1) is 9.10. The Bertz CT molecular complexity index is 461. The lowest BCUT2D eigenvalue weighted by Gasteiger charge is -2.18. The molecule has 0 saturated heterocycles. The molecule has 0 spiro atoms. The third-order valence-electron chi connectivity index (χ3n) is 3.18. The second-order valence-electron chi connectivity index (χ2n) is 4.87. The number of halogens is 1. The quantitative estimate of drug-likeness (QED) is 0.871. The fourth-order valence-electron chi connectivity index (χ4n) is 1.82. The summed E-state index contributed by atoms with van der Waals surface area (Å²) in [5.41, 5.74) is 1.08. The van der Waals surface area contributed by atoms with Crippen LogP contribution in [0.25, 0.3) is 0 Å². The van der Waals surface area contributed by atoms with Crippen molar-refractivity contribution in [3.8, 4) is 5.75 Å². The van der Waals surface area contributed by atoms with Gasteiger partial charge in [-0.2, -0.15) is 0 Å². The summed E-state index contributed by atoms with van der Waals surface area (Å²) in [5, 5.41) is 3.23. The lowest BCUT2D eigenvalue weighted by Crippen LogP contribution is -2.35. The predicted octanol–water partition coefficient (Wildman–Crippen LogP) is 2.17. The third-order valence-corrected chi connectivity index (χ3v) is 3.80. The van der Waals surface area contributed by atoms with E-state index in [-0.39, 0.29) is 5.91 Å². The zero-order chi connectivity index (χ0) is 13.8. The van der Waals surface area contributed by atoms with Gasteiger partial charge in [-0.1, -0.05) is 6.07 Å². The number of hydrogen-bond acceptors (Lipinski definition) is 3. The smallest absolute Gasteiger partial charge is 0.236 e. The van der Waals surface area contributed by atoms with Crippen molar-refractivity contribution in [2.75, 3.05) is 20.7 Å². The van der Waals surface area contributed by atoms with E-state index in [1.165, 1.54) is 12.8 Å². The van der Waals surface area contributed by atoms with Crippen molar-refractivity contribution in [3.05, 3.63) is 28.2 Å². The Balaban J connectivity index is 1.87. The molecule has 0 aromatic heterocycles. The minimum Gasteiger partial charge on any atom is -0.496 e. The number of hydrogen-bond donors (Lipinski definition) is 1. The van der Waals surface area contributed by atoms with E-state index in [4.69, 9.17) is 4.74 Å². The Hall–Kier alpha value is -1.07. The van der Waals surface area contributed by atoms with E-state index in [1.807, 2.05) is 25.2 Å². The molecule has 2 rings (SSSR count). The standard InChI is InChI=1S/C14H19BrN2O2/c1-17(14(18)8-16-11-4-5-11)9-10-3-6-13(19-2)12(15)7-10/h3,6-7,11,16H,4-5,8-9H2,1-2H3. The monoisotopic (exact) mass is 326 g/mol. The van der Waals surface area contributed by atoms with Gasteiger partial charge in [-0.3, -0.25) is 4.79 Å². The van der Waals surface area contributed by atoms with Crippen molar-refractivity contribution >= 4 is 21.8 Å². The normalized spacial score (nSPS) is 14.3. The first-order valence-corrected chi connectivity index (χ1v) is 7.19. The number of carbonyl (C=O) groups excluding carboxylic acids is 1. The number of nitrogens with zero attached hydrogens (tertiary/aromatic N) is 1. The molecule has 4 nitrogen and oxygen atoms in total. The number of ether oxygens (including phenoxy) is 1. The number of methoxy groups -OCH3 is 1. The molecule has 1 saturated carbocycles. The molecule has 0 heterocycles. The molecule has 19 heavy (non-hydrogen) atoms. The summed E-state index contributed by atoms with van der Waals surface area (Å²) in [4.78, 5) is 13.7. The highest BCUT2D eigenvalue weighted by Gasteiger charge is 2.22. The van der Waals surface area contributed by atoms with Gasteiger partial charge in [-0.25, -0.2) is 0 Å². The third kappa shape index (κ3) is 4.21. The van der Waals surface area contributed by atoms with Gasteiger partial charge in [0.05, 0.1) is 18.1 Å². The molecule has 104 valence electrons. The van der Waals surface area contributed by atoms with E-state index < -0.39 is 0 Å². The summed E-state index contributed by atoms with van der Waals surface area (Å²) in [6, 6.07) is 6.42. The van der Waals surface area contributed by atoms with Crippen molar-refractivity contribution in [2.45, 2.75) is 25.4 Å². The molecule has 1 aromatic carbocycles. The molecule has 1 fully saturated rings. The van der Waals surface area contributed by atoms with E-state index in [1.54, 1.807) is 12.0 Å². The molecular weight excluding hydrogens is 308 g/mol. The van der Waals surface area contributed by atoms with Crippen LogP contribution >= 0.6 is 15.9 Å². The van der Waals surface area contributed by atoms with Crippen LogP contribution in [0.5, 0.6) is 5.75 Å². The molecule has 1 amide bonds. The molecule has 0 atom stereocenters. The molecule has 0 radical (unpaired) electrons. The number of amides is 1. The highest BCUT2D eigenvalue weighted by atomic mass is 79.9. The van der Waals surface area contributed by atoms with Gasteiger partial charge in [0.2, 0.25) is 5.91 Å². The molecule has 1 aliphatic carbocycles. The molecule has 0 bridgehead atoms. The van der Waals surface area contributed by atoms with Crippen LogP contribution in [-0.2, 0) is 11.3 Å². The van der Waals surface area contributed by atoms with Crippen molar-refractivity contribution in [1.82, 2.24) is 10.2 Å². The van der Waals surface area contributed by atoms with Gasteiger partial charge in [0.25, 0.3) is 0 Å².